The summed E-state index contributed by atoms with van der Waals surface area (Å²) >= 11 is 4.00. The van der Waals surface area contributed by atoms with Crippen molar-refractivity contribution in [1.82, 2.24) is 0 Å². The van der Waals surface area contributed by atoms with Crippen LogP contribution in [0.2, 0.25) is 0 Å². The molecule has 0 bridgehead atoms. The zero-order valence-corrected chi connectivity index (χ0v) is 6.64. The topological polar surface area (TPSA) is 46.5 Å². The Hall–Kier alpha value is -0.380. The van der Waals surface area contributed by atoms with Crippen LogP contribution in [0.15, 0.2) is 5.18 Å². The third kappa shape index (κ3) is 5.75. The Balaban J connectivity index is 3.03. The maximum atomic E-state index is 10.3. The van der Waals surface area contributed by atoms with E-state index >= 15 is 0 Å². The van der Waals surface area contributed by atoms with Gasteiger partial charge in [-0.25, -0.2) is 0 Å². The summed E-state index contributed by atoms with van der Waals surface area (Å²) in [5, 5.41) is 2.28. The number of nitroso groups, excluding NO2 is 1. The van der Waals surface area contributed by atoms with Crippen LogP contribution < -0.4 is 0 Å². The van der Waals surface area contributed by atoms with E-state index in [2.05, 4.69) is 17.8 Å². The lowest BCUT2D eigenvalue weighted by Gasteiger charge is -1.92. The Morgan fingerprint density at radius 2 is 2.00 bits per heavy atom. The van der Waals surface area contributed by atoms with Gasteiger partial charge in [-0.2, -0.15) is 12.6 Å². The first-order valence-electron chi connectivity index (χ1n) is 3.28. The van der Waals surface area contributed by atoms with Crippen molar-refractivity contribution in [3.8, 4) is 0 Å². The van der Waals surface area contributed by atoms with Gasteiger partial charge >= 0.3 is 0 Å². The standard InChI is InChI=1S/C6H11NO2S/c8-6(7-9)4-2-1-3-5-10/h10H,1-5H2. The van der Waals surface area contributed by atoms with E-state index in [1.54, 1.807) is 0 Å². The van der Waals surface area contributed by atoms with Gasteiger partial charge in [0.25, 0.3) is 5.91 Å². The van der Waals surface area contributed by atoms with Crippen LogP contribution in [0.5, 0.6) is 0 Å². The third-order valence-electron chi connectivity index (χ3n) is 1.15. The van der Waals surface area contributed by atoms with Crippen molar-refractivity contribution in [3.05, 3.63) is 4.91 Å². The number of rotatable bonds is 5. The maximum absolute atomic E-state index is 10.3. The second kappa shape index (κ2) is 6.74. The number of hydrogen-bond acceptors (Lipinski definition) is 3. The molecule has 0 heterocycles. The molecule has 0 saturated heterocycles. The van der Waals surface area contributed by atoms with E-state index in [0.717, 1.165) is 25.0 Å². The molecule has 4 heteroatoms. The van der Waals surface area contributed by atoms with Gasteiger partial charge in [0.15, 0.2) is 0 Å². The highest BCUT2D eigenvalue weighted by atomic mass is 32.1. The highest BCUT2D eigenvalue weighted by Gasteiger charge is 1.98. The number of nitrogens with zero attached hydrogens (tertiary/aromatic N) is 1. The van der Waals surface area contributed by atoms with Gasteiger partial charge in [0, 0.05) is 11.6 Å². The molecule has 58 valence electrons. The molecule has 0 aliphatic heterocycles. The minimum atomic E-state index is -0.542. The molecule has 0 spiro atoms. The second-order valence-electron chi connectivity index (χ2n) is 2.02. The molecule has 10 heavy (non-hydrogen) atoms. The number of carbonyl (C=O) groups excluding carboxylic acids is 1. The van der Waals surface area contributed by atoms with Crippen molar-refractivity contribution in [1.29, 1.82) is 0 Å². The van der Waals surface area contributed by atoms with Crippen LogP contribution >= 0.6 is 12.6 Å². The quantitative estimate of drug-likeness (QED) is 0.379. The lowest BCUT2D eigenvalue weighted by atomic mass is 10.2. The summed E-state index contributed by atoms with van der Waals surface area (Å²) in [6.07, 6.45) is 2.99. The fourth-order valence-electron chi connectivity index (χ4n) is 0.610. The van der Waals surface area contributed by atoms with E-state index in [9.17, 15) is 9.70 Å². The summed E-state index contributed by atoms with van der Waals surface area (Å²) in [6, 6.07) is 0. The van der Waals surface area contributed by atoms with Crippen molar-refractivity contribution in [2.45, 2.75) is 25.7 Å². The van der Waals surface area contributed by atoms with Crippen molar-refractivity contribution in [3.63, 3.8) is 0 Å². The molecule has 0 rings (SSSR count). The van der Waals surface area contributed by atoms with Gasteiger partial charge in [-0.1, -0.05) is 6.42 Å². The number of amides is 1. The maximum Gasteiger partial charge on any atom is 0.286 e. The summed E-state index contributed by atoms with van der Waals surface area (Å²) in [7, 11) is 0. The van der Waals surface area contributed by atoms with E-state index in [4.69, 9.17) is 0 Å². The molecule has 3 nitrogen and oxygen atoms in total. The molecule has 0 fully saturated rings. The fourth-order valence-corrected chi connectivity index (χ4v) is 0.834. The minimum absolute atomic E-state index is 0.289. The predicted octanol–water partition coefficient (Wildman–Crippen LogP) is 1.77. The molecular weight excluding hydrogens is 150 g/mol. The molecule has 0 radical (unpaired) electrons. The van der Waals surface area contributed by atoms with Gasteiger partial charge in [0.05, 0.1) is 0 Å². The van der Waals surface area contributed by atoms with E-state index in [1.165, 1.54) is 0 Å². The first kappa shape index (κ1) is 9.62. The van der Waals surface area contributed by atoms with Crippen LogP contribution in [0.3, 0.4) is 0 Å². The zero-order valence-electron chi connectivity index (χ0n) is 5.75. The Morgan fingerprint density at radius 3 is 2.50 bits per heavy atom. The van der Waals surface area contributed by atoms with Gasteiger partial charge in [-0.3, -0.25) is 4.79 Å². The third-order valence-corrected chi connectivity index (χ3v) is 1.47. The monoisotopic (exact) mass is 161 g/mol. The van der Waals surface area contributed by atoms with Gasteiger partial charge < -0.3 is 0 Å². The highest BCUT2D eigenvalue weighted by Crippen LogP contribution is 2.01. The Kier molecular flexibility index (Phi) is 6.48. The van der Waals surface area contributed by atoms with Crippen LogP contribution in [0.1, 0.15) is 25.7 Å². The molecule has 0 saturated carbocycles. The molecule has 0 aliphatic carbocycles. The lowest BCUT2D eigenvalue weighted by molar-refractivity contribution is -0.118. The van der Waals surface area contributed by atoms with Crippen LogP contribution in [0.4, 0.5) is 0 Å². The molecule has 0 aromatic carbocycles. The Labute approximate surface area is 65.6 Å². The molecule has 0 atom stereocenters. The average molecular weight is 161 g/mol. The van der Waals surface area contributed by atoms with Crippen LogP contribution in [-0.4, -0.2) is 11.7 Å². The summed E-state index contributed by atoms with van der Waals surface area (Å²) in [5.74, 6) is 0.294. The fraction of sp³-hybridized carbons (Fsp3) is 0.833. The highest BCUT2D eigenvalue weighted by molar-refractivity contribution is 7.80. The minimum Gasteiger partial charge on any atom is -0.269 e. The van der Waals surface area contributed by atoms with Gasteiger partial charge in [0.2, 0.25) is 0 Å². The molecule has 0 unspecified atom stereocenters. The molecule has 0 aromatic rings. The molecule has 0 aromatic heterocycles. The first-order chi connectivity index (χ1) is 4.81. The van der Waals surface area contributed by atoms with Crippen molar-refractivity contribution in [2.75, 3.05) is 5.75 Å². The van der Waals surface area contributed by atoms with Crippen LogP contribution in [-0.2, 0) is 4.79 Å². The summed E-state index contributed by atoms with van der Waals surface area (Å²) in [4.78, 5) is 19.8. The van der Waals surface area contributed by atoms with Gasteiger partial charge in [-0.05, 0) is 18.6 Å². The first-order valence-corrected chi connectivity index (χ1v) is 3.91. The number of carbonyl (C=O) groups is 1. The van der Waals surface area contributed by atoms with E-state index in [-0.39, 0.29) is 6.42 Å². The van der Waals surface area contributed by atoms with Gasteiger partial charge in [-0.15, -0.1) is 4.91 Å². The Bertz CT molecular complexity index is 116. The second-order valence-corrected chi connectivity index (χ2v) is 2.47. The van der Waals surface area contributed by atoms with Crippen LogP contribution in [0, 0.1) is 4.91 Å². The van der Waals surface area contributed by atoms with Crippen molar-refractivity contribution in [2.24, 2.45) is 5.18 Å². The number of thiol groups is 1. The van der Waals surface area contributed by atoms with Crippen molar-refractivity contribution >= 4 is 18.5 Å². The number of hydrogen-bond donors (Lipinski definition) is 1. The molecule has 1 amide bonds. The SMILES string of the molecule is O=NC(=O)CCCCCS. The van der Waals surface area contributed by atoms with E-state index < -0.39 is 5.91 Å². The number of unbranched alkanes of at least 4 members (excludes halogenated alkanes) is 2. The van der Waals surface area contributed by atoms with E-state index in [1.807, 2.05) is 0 Å². The lowest BCUT2D eigenvalue weighted by Crippen LogP contribution is -1.90. The normalized spacial score (nSPS) is 9.30. The largest absolute Gasteiger partial charge is 0.286 e. The summed E-state index contributed by atoms with van der Waals surface area (Å²) in [6.45, 7) is 0. The smallest absolute Gasteiger partial charge is 0.269 e. The molecule has 0 aliphatic rings. The predicted molar refractivity (Wildman–Crippen MR) is 43.1 cm³/mol. The molecular formula is C6H11NO2S. The Morgan fingerprint density at radius 1 is 1.30 bits per heavy atom. The summed E-state index contributed by atoms with van der Waals surface area (Å²) < 4.78 is 0. The van der Waals surface area contributed by atoms with E-state index in [0.29, 0.717) is 0 Å². The molecule has 0 N–H and O–H groups in total. The van der Waals surface area contributed by atoms with Gasteiger partial charge in [0.1, 0.15) is 0 Å². The van der Waals surface area contributed by atoms with Crippen LogP contribution in [0.25, 0.3) is 0 Å². The average Bonchev–Trinajstić information content (AvgIpc) is 1.98. The van der Waals surface area contributed by atoms with Crippen molar-refractivity contribution < 1.29 is 4.79 Å². The summed E-state index contributed by atoms with van der Waals surface area (Å²) in [5.41, 5.74) is 0. The zero-order chi connectivity index (χ0) is 7.82.